The zero-order valence-corrected chi connectivity index (χ0v) is 19.6. The van der Waals surface area contributed by atoms with Gasteiger partial charge in [0.05, 0.1) is 6.10 Å². The maximum atomic E-state index is 10.3. The van der Waals surface area contributed by atoms with Crippen molar-refractivity contribution in [2.45, 2.75) is 118 Å². The van der Waals surface area contributed by atoms with Gasteiger partial charge in [0.1, 0.15) is 0 Å². The second-order valence-corrected chi connectivity index (χ2v) is 12.6. The van der Waals surface area contributed by atoms with Crippen molar-refractivity contribution < 1.29 is 5.11 Å². The third kappa shape index (κ3) is 3.50. The van der Waals surface area contributed by atoms with Gasteiger partial charge in [0.2, 0.25) is 0 Å². The topological polar surface area (TPSA) is 20.2 Å². The Kier molecular flexibility index (Phi) is 5.98. The summed E-state index contributed by atoms with van der Waals surface area (Å²) in [5.74, 6) is 6.49. The molecular weight excluding hydrogens is 340 g/mol. The van der Waals surface area contributed by atoms with Crippen molar-refractivity contribution in [3.8, 4) is 0 Å². The highest BCUT2D eigenvalue weighted by Crippen LogP contribution is 2.68. The summed E-state index contributed by atoms with van der Waals surface area (Å²) >= 11 is 0. The first kappa shape index (κ1) is 21.2. The Labute approximate surface area is 175 Å². The molecule has 4 aliphatic rings. The van der Waals surface area contributed by atoms with E-state index in [0.29, 0.717) is 10.8 Å². The summed E-state index contributed by atoms with van der Waals surface area (Å²) in [6.45, 7) is 12.7. The molecule has 4 fully saturated rings. The van der Waals surface area contributed by atoms with Crippen molar-refractivity contribution in [2.75, 3.05) is 0 Å². The second-order valence-electron chi connectivity index (χ2n) is 12.6. The predicted molar refractivity (Wildman–Crippen MR) is 119 cm³/mol. The van der Waals surface area contributed by atoms with Crippen molar-refractivity contribution in [3.63, 3.8) is 0 Å². The average molecular weight is 389 g/mol. The molecule has 162 valence electrons. The molecule has 0 radical (unpaired) electrons. The molecule has 0 aromatic carbocycles. The van der Waals surface area contributed by atoms with Crippen molar-refractivity contribution in [2.24, 2.45) is 52.3 Å². The Hall–Kier alpha value is -0.0400. The van der Waals surface area contributed by atoms with Crippen LogP contribution in [-0.4, -0.2) is 11.2 Å². The third-order valence-corrected chi connectivity index (χ3v) is 10.8. The molecule has 0 saturated heterocycles. The van der Waals surface area contributed by atoms with Crippen LogP contribution in [-0.2, 0) is 0 Å². The van der Waals surface area contributed by atoms with Gasteiger partial charge in [-0.15, -0.1) is 0 Å². The van der Waals surface area contributed by atoms with E-state index < -0.39 is 0 Å². The molecule has 4 aliphatic carbocycles. The highest BCUT2D eigenvalue weighted by Gasteiger charge is 2.60. The molecule has 0 aromatic rings. The molecule has 4 rings (SSSR count). The van der Waals surface area contributed by atoms with Gasteiger partial charge in [0.15, 0.2) is 0 Å². The quantitative estimate of drug-likeness (QED) is 0.518. The van der Waals surface area contributed by atoms with Crippen LogP contribution in [0.5, 0.6) is 0 Å². The van der Waals surface area contributed by atoms with Gasteiger partial charge in [-0.1, -0.05) is 53.9 Å². The van der Waals surface area contributed by atoms with Gasteiger partial charge < -0.3 is 5.11 Å². The highest BCUT2D eigenvalue weighted by molar-refractivity contribution is 5.09. The van der Waals surface area contributed by atoms with Crippen LogP contribution in [0.25, 0.3) is 0 Å². The Morgan fingerprint density at radius 1 is 0.821 bits per heavy atom. The Bertz CT molecular complexity index is 540. The van der Waals surface area contributed by atoms with Gasteiger partial charge in [0.25, 0.3) is 0 Å². The van der Waals surface area contributed by atoms with Crippen LogP contribution in [0.2, 0.25) is 0 Å². The van der Waals surface area contributed by atoms with Gasteiger partial charge in [-0.25, -0.2) is 0 Å². The van der Waals surface area contributed by atoms with Crippen molar-refractivity contribution in [3.05, 3.63) is 0 Å². The zero-order chi connectivity index (χ0) is 20.1. The number of aliphatic hydroxyl groups is 1. The Morgan fingerprint density at radius 3 is 2.29 bits per heavy atom. The summed E-state index contributed by atoms with van der Waals surface area (Å²) < 4.78 is 0. The maximum absolute atomic E-state index is 10.3. The monoisotopic (exact) mass is 388 g/mol. The van der Waals surface area contributed by atoms with Crippen molar-refractivity contribution in [1.82, 2.24) is 0 Å². The molecule has 1 N–H and O–H groups in total. The van der Waals surface area contributed by atoms with Gasteiger partial charge in [-0.05, 0) is 110 Å². The minimum absolute atomic E-state index is 0.00830. The molecule has 1 unspecified atom stereocenters. The van der Waals surface area contributed by atoms with Gasteiger partial charge in [-0.3, -0.25) is 0 Å². The van der Waals surface area contributed by atoms with E-state index in [4.69, 9.17) is 0 Å². The molecule has 0 heterocycles. The van der Waals surface area contributed by atoms with E-state index in [0.717, 1.165) is 54.3 Å². The van der Waals surface area contributed by atoms with Crippen LogP contribution in [0.4, 0.5) is 0 Å². The van der Waals surface area contributed by atoms with Gasteiger partial charge >= 0.3 is 0 Å². The van der Waals surface area contributed by atoms with E-state index in [2.05, 4.69) is 34.6 Å². The minimum atomic E-state index is -0.00830. The molecule has 0 spiro atoms. The normalized spacial score (nSPS) is 49.4. The molecule has 0 amide bonds. The van der Waals surface area contributed by atoms with Crippen molar-refractivity contribution in [1.29, 1.82) is 0 Å². The van der Waals surface area contributed by atoms with Crippen LogP contribution < -0.4 is 0 Å². The average Bonchev–Trinajstić information content (AvgIpc) is 2.99. The fourth-order valence-electron chi connectivity index (χ4n) is 9.26. The largest absolute Gasteiger partial charge is 0.393 e. The summed E-state index contributed by atoms with van der Waals surface area (Å²) in [6.07, 6.45) is 16.6. The SMILES string of the molecule is CC(C)CCC[C@@H](C)[C@H]1CC[C@H]2[C@@H]3CCC4C[C@H](O)CC[C@]4(C)[C@H]3CC[C@]12C. The number of hydrogen-bond donors (Lipinski definition) is 1. The fourth-order valence-corrected chi connectivity index (χ4v) is 9.26. The van der Waals surface area contributed by atoms with E-state index in [1.165, 1.54) is 64.2 Å². The first-order valence-electron chi connectivity index (χ1n) is 12.9. The summed E-state index contributed by atoms with van der Waals surface area (Å²) in [6, 6.07) is 0. The number of fused-ring (bicyclic) bond motifs is 5. The first-order chi connectivity index (χ1) is 13.3. The Balaban J connectivity index is 1.46. The van der Waals surface area contributed by atoms with E-state index in [-0.39, 0.29) is 6.10 Å². The number of rotatable bonds is 5. The lowest BCUT2D eigenvalue weighted by Crippen LogP contribution is -2.54. The third-order valence-electron chi connectivity index (χ3n) is 10.8. The molecule has 0 aliphatic heterocycles. The van der Waals surface area contributed by atoms with Crippen LogP contribution in [0, 0.1) is 52.3 Å². The summed E-state index contributed by atoms with van der Waals surface area (Å²) in [7, 11) is 0. The van der Waals surface area contributed by atoms with Gasteiger partial charge in [0, 0.05) is 0 Å². The lowest BCUT2D eigenvalue weighted by atomic mass is 9.44. The maximum Gasteiger partial charge on any atom is 0.0543 e. The van der Waals surface area contributed by atoms with E-state index in [9.17, 15) is 5.11 Å². The zero-order valence-electron chi connectivity index (χ0n) is 19.6. The summed E-state index contributed by atoms with van der Waals surface area (Å²) in [4.78, 5) is 0. The smallest absolute Gasteiger partial charge is 0.0543 e. The van der Waals surface area contributed by atoms with Crippen LogP contribution in [0.3, 0.4) is 0 Å². The summed E-state index contributed by atoms with van der Waals surface area (Å²) in [5.41, 5.74) is 1.15. The van der Waals surface area contributed by atoms with Crippen molar-refractivity contribution >= 4 is 0 Å². The minimum Gasteiger partial charge on any atom is -0.393 e. The molecule has 9 atom stereocenters. The summed E-state index contributed by atoms with van der Waals surface area (Å²) in [5, 5.41) is 10.3. The van der Waals surface area contributed by atoms with Crippen LogP contribution >= 0.6 is 0 Å². The number of aliphatic hydroxyl groups excluding tert-OH is 1. The molecule has 1 nitrogen and oxygen atoms in total. The standard InChI is InChI=1S/C27H48O/c1-18(2)7-6-8-19(3)23-11-12-24-22-10-9-20-17-21(28)13-15-26(20,4)25(22)14-16-27(23,24)5/h18-25,28H,6-17H2,1-5H3/t19-,20?,21-,22+,23-,24+,25+,26+,27-/m1/s1. The molecule has 28 heavy (non-hydrogen) atoms. The molecule has 0 bridgehead atoms. The number of hydrogen-bond acceptors (Lipinski definition) is 1. The molecule has 1 heteroatoms. The van der Waals surface area contributed by atoms with Crippen LogP contribution in [0.15, 0.2) is 0 Å². The first-order valence-corrected chi connectivity index (χ1v) is 12.9. The molecule has 0 aromatic heterocycles. The molecule has 4 saturated carbocycles. The van der Waals surface area contributed by atoms with Gasteiger partial charge in [-0.2, -0.15) is 0 Å². The fraction of sp³-hybridized carbons (Fsp3) is 1.00. The van der Waals surface area contributed by atoms with E-state index in [1.54, 1.807) is 0 Å². The molecular formula is C27H48O. The van der Waals surface area contributed by atoms with E-state index >= 15 is 0 Å². The lowest BCUT2D eigenvalue weighted by Gasteiger charge is -2.61. The lowest BCUT2D eigenvalue weighted by molar-refractivity contribution is -0.129. The van der Waals surface area contributed by atoms with E-state index in [1.807, 2.05) is 0 Å². The Morgan fingerprint density at radius 2 is 1.54 bits per heavy atom. The highest BCUT2D eigenvalue weighted by atomic mass is 16.3. The van der Waals surface area contributed by atoms with Crippen LogP contribution in [0.1, 0.15) is 112 Å². The second kappa shape index (κ2) is 7.90. The predicted octanol–water partition coefficient (Wildman–Crippen LogP) is 7.47.